The molecule has 5 rings (SSSR count). The van der Waals surface area contributed by atoms with Crippen molar-refractivity contribution >= 4 is 28.3 Å². The van der Waals surface area contributed by atoms with Crippen molar-refractivity contribution in [3.05, 3.63) is 83.6 Å². The number of carbonyl (C=O) groups is 1. The molecule has 3 heterocycles. The topological polar surface area (TPSA) is 90.8 Å². The Balaban J connectivity index is 1.45. The Morgan fingerprint density at radius 3 is 2.81 bits per heavy atom. The molecule has 8 nitrogen and oxygen atoms in total. The van der Waals surface area contributed by atoms with E-state index in [4.69, 9.17) is 9.15 Å². The van der Waals surface area contributed by atoms with Gasteiger partial charge in [-0.1, -0.05) is 18.2 Å². The number of methoxy groups -OCH3 is 1. The zero-order valence-electron chi connectivity index (χ0n) is 16.6. The number of ether oxygens (including phenoxy) is 1. The van der Waals surface area contributed by atoms with Gasteiger partial charge in [-0.25, -0.2) is 9.78 Å². The number of nitrogens with zero attached hydrogens (tertiary/aromatic N) is 3. The van der Waals surface area contributed by atoms with Crippen LogP contribution in [-0.4, -0.2) is 27.0 Å². The van der Waals surface area contributed by atoms with Crippen LogP contribution in [0.1, 0.15) is 0 Å². The highest BCUT2D eigenvalue weighted by Gasteiger charge is 2.15. The van der Waals surface area contributed by atoms with Gasteiger partial charge in [-0.2, -0.15) is 0 Å². The quantitative estimate of drug-likeness (QED) is 0.475. The zero-order chi connectivity index (χ0) is 21.4. The van der Waals surface area contributed by atoms with Crippen LogP contribution in [0, 0.1) is 0 Å². The molecule has 5 aromatic rings. The van der Waals surface area contributed by atoms with E-state index >= 15 is 0 Å². The summed E-state index contributed by atoms with van der Waals surface area (Å²) in [6, 6.07) is 18.2. The van der Waals surface area contributed by atoms with Gasteiger partial charge in [0.15, 0.2) is 5.58 Å². The van der Waals surface area contributed by atoms with Crippen molar-refractivity contribution in [3.63, 3.8) is 0 Å². The van der Waals surface area contributed by atoms with Gasteiger partial charge in [0.05, 0.1) is 24.0 Å². The number of pyridine rings is 1. The molecule has 0 saturated heterocycles. The Morgan fingerprint density at radius 1 is 1.13 bits per heavy atom. The first kappa shape index (κ1) is 18.7. The number of rotatable bonds is 5. The van der Waals surface area contributed by atoms with Crippen LogP contribution in [0.4, 0.5) is 5.69 Å². The summed E-state index contributed by atoms with van der Waals surface area (Å²) in [5, 5.41) is 2.84. The van der Waals surface area contributed by atoms with E-state index in [1.165, 1.54) is 11.7 Å². The van der Waals surface area contributed by atoms with Crippen molar-refractivity contribution in [3.8, 4) is 17.0 Å². The average Bonchev–Trinajstić information content (AvgIpc) is 3.35. The van der Waals surface area contributed by atoms with Crippen LogP contribution in [0.3, 0.4) is 0 Å². The molecule has 0 aliphatic heterocycles. The van der Waals surface area contributed by atoms with Crippen LogP contribution >= 0.6 is 0 Å². The van der Waals surface area contributed by atoms with E-state index in [0.29, 0.717) is 22.5 Å². The van der Waals surface area contributed by atoms with Crippen molar-refractivity contribution in [2.75, 3.05) is 12.4 Å². The number of para-hydroxylation sites is 2. The molecule has 0 aliphatic carbocycles. The molecule has 31 heavy (non-hydrogen) atoms. The molecule has 0 unspecified atom stereocenters. The molecule has 8 heteroatoms. The first-order chi connectivity index (χ1) is 15.1. The molecule has 1 N–H and O–H groups in total. The minimum Gasteiger partial charge on any atom is -0.495 e. The molecule has 0 bridgehead atoms. The predicted molar refractivity (Wildman–Crippen MR) is 116 cm³/mol. The number of benzene rings is 2. The molecule has 0 fully saturated rings. The van der Waals surface area contributed by atoms with E-state index in [9.17, 15) is 9.59 Å². The van der Waals surface area contributed by atoms with Gasteiger partial charge in [0.25, 0.3) is 0 Å². The normalized spacial score (nSPS) is 11.1. The summed E-state index contributed by atoms with van der Waals surface area (Å²) in [6.45, 7) is -0.183. The Kier molecular flexibility index (Phi) is 4.51. The maximum Gasteiger partial charge on any atom is 0.420 e. The van der Waals surface area contributed by atoms with E-state index < -0.39 is 5.76 Å². The summed E-state index contributed by atoms with van der Waals surface area (Å²) in [6.07, 6.45) is 3.84. The minimum absolute atomic E-state index is 0.183. The molecule has 0 spiro atoms. The Morgan fingerprint density at radius 2 is 1.97 bits per heavy atom. The molecule has 0 aliphatic rings. The van der Waals surface area contributed by atoms with Crippen molar-refractivity contribution in [2.24, 2.45) is 0 Å². The molecule has 0 atom stereocenters. The average molecular weight is 414 g/mol. The van der Waals surface area contributed by atoms with Gasteiger partial charge in [0.1, 0.15) is 17.9 Å². The minimum atomic E-state index is -0.582. The number of aromatic nitrogens is 3. The second kappa shape index (κ2) is 7.49. The number of fused-ring (bicyclic) bond motifs is 2. The number of hydrogen-bond donors (Lipinski definition) is 1. The summed E-state index contributed by atoms with van der Waals surface area (Å²) in [4.78, 5) is 29.5. The SMILES string of the molecule is COc1ccc(-c2cn3ccccc3n2)cc1NC(=O)Cn1c(=O)oc2ccccc21. The summed E-state index contributed by atoms with van der Waals surface area (Å²) >= 11 is 0. The van der Waals surface area contributed by atoms with Crippen molar-refractivity contribution < 1.29 is 13.9 Å². The Hall–Kier alpha value is -4.33. The van der Waals surface area contributed by atoms with Crippen LogP contribution in [0.5, 0.6) is 5.75 Å². The summed E-state index contributed by atoms with van der Waals surface area (Å²) < 4.78 is 13.8. The first-order valence-electron chi connectivity index (χ1n) is 9.63. The second-order valence-corrected chi connectivity index (χ2v) is 6.98. The number of amides is 1. The van der Waals surface area contributed by atoms with Gasteiger partial charge in [0.2, 0.25) is 5.91 Å². The van der Waals surface area contributed by atoms with Gasteiger partial charge in [0, 0.05) is 18.0 Å². The summed E-state index contributed by atoms with van der Waals surface area (Å²) in [7, 11) is 1.53. The lowest BCUT2D eigenvalue weighted by Gasteiger charge is -2.12. The molecule has 0 radical (unpaired) electrons. The lowest BCUT2D eigenvalue weighted by Crippen LogP contribution is -2.25. The number of oxazole rings is 1. The zero-order valence-corrected chi connectivity index (χ0v) is 16.6. The highest BCUT2D eigenvalue weighted by Crippen LogP contribution is 2.30. The third-order valence-corrected chi connectivity index (χ3v) is 5.01. The number of carbonyl (C=O) groups excluding carboxylic acids is 1. The fraction of sp³-hybridized carbons (Fsp3) is 0.0870. The Labute approximate surface area is 176 Å². The van der Waals surface area contributed by atoms with Gasteiger partial charge in [-0.15, -0.1) is 0 Å². The van der Waals surface area contributed by atoms with Crippen LogP contribution in [0.25, 0.3) is 28.0 Å². The third kappa shape index (κ3) is 3.44. The highest BCUT2D eigenvalue weighted by molar-refractivity contribution is 5.93. The van der Waals surface area contributed by atoms with E-state index in [1.807, 2.05) is 41.1 Å². The number of anilines is 1. The lowest BCUT2D eigenvalue weighted by molar-refractivity contribution is -0.116. The highest BCUT2D eigenvalue weighted by atomic mass is 16.5. The standard InChI is InChI=1S/C23H18N4O4/c1-30-19-10-9-15(17-13-26-11-5-4-8-21(26)24-17)12-16(19)25-22(28)14-27-18-6-2-3-7-20(18)31-23(27)29/h2-13H,14H2,1H3,(H,25,28). The molecule has 1 amide bonds. The smallest absolute Gasteiger partial charge is 0.420 e. The largest absolute Gasteiger partial charge is 0.495 e. The predicted octanol–water partition coefficient (Wildman–Crippen LogP) is 3.56. The van der Waals surface area contributed by atoms with Gasteiger partial charge < -0.3 is 18.9 Å². The number of imidazole rings is 1. The van der Waals surface area contributed by atoms with Gasteiger partial charge in [-0.3, -0.25) is 9.36 Å². The molecular formula is C23H18N4O4. The van der Waals surface area contributed by atoms with Crippen molar-refractivity contribution in [2.45, 2.75) is 6.54 Å². The molecule has 154 valence electrons. The molecule has 0 saturated carbocycles. The molecule has 2 aromatic carbocycles. The van der Waals surface area contributed by atoms with Crippen molar-refractivity contribution in [1.82, 2.24) is 14.0 Å². The fourth-order valence-electron chi connectivity index (χ4n) is 3.54. The lowest BCUT2D eigenvalue weighted by atomic mass is 10.1. The van der Waals surface area contributed by atoms with E-state index in [0.717, 1.165) is 16.9 Å². The maximum absolute atomic E-state index is 12.7. The monoisotopic (exact) mass is 414 g/mol. The van der Waals surface area contributed by atoms with E-state index in [1.54, 1.807) is 36.4 Å². The van der Waals surface area contributed by atoms with Crippen LogP contribution < -0.4 is 15.8 Å². The van der Waals surface area contributed by atoms with Gasteiger partial charge >= 0.3 is 5.76 Å². The van der Waals surface area contributed by atoms with E-state index in [2.05, 4.69) is 10.3 Å². The van der Waals surface area contributed by atoms with Crippen LogP contribution in [0.2, 0.25) is 0 Å². The third-order valence-electron chi connectivity index (χ3n) is 5.01. The second-order valence-electron chi connectivity index (χ2n) is 6.98. The van der Waals surface area contributed by atoms with Crippen molar-refractivity contribution in [1.29, 1.82) is 0 Å². The fourth-order valence-corrected chi connectivity index (χ4v) is 3.54. The van der Waals surface area contributed by atoms with Gasteiger partial charge in [-0.05, 0) is 42.5 Å². The summed E-state index contributed by atoms with van der Waals surface area (Å²) in [5.74, 6) is -0.453. The maximum atomic E-state index is 12.7. The summed E-state index contributed by atoms with van der Waals surface area (Å²) in [5.41, 5.74) is 3.90. The Bertz CT molecular complexity index is 1450. The van der Waals surface area contributed by atoms with Crippen LogP contribution in [0.15, 0.2) is 82.3 Å². The molecule has 3 aromatic heterocycles. The first-order valence-corrected chi connectivity index (χ1v) is 9.63. The number of nitrogens with one attached hydrogen (secondary N) is 1. The molecular weight excluding hydrogens is 396 g/mol. The van der Waals surface area contributed by atoms with E-state index in [-0.39, 0.29) is 12.5 Å². The van der Waals surface area contributed by atoms with Crippen LogP contribution in [-0.2, 0) is 11.3 Å². The number of hydrogen-bond acceptors (Lipinski definition) is 5.